The standard InChI is InChI=1S/C15H15N5O3.C9H12N2O3.C6H4ClN3.CH4/c1-2-22-15(21)12-10-7-20(6-4-11(10)23-19-12)14-9-3-5-16-13(9)17-8-18-14;1-2-13-9(12)8-6-5-10-4-3-7(6)14-11-8;7-5-4-1-2-8-6(4)10-3-9-5;/h3,5,8H,2,4,6-7H2,1H3,(H,16,17,18);10H,2-5H2,1H3;1-3H,(H,8,9,10);1H4. The van der Waals surface area contributed by atoms with E-state index in [1.807, 2.05) is 18.3 Å². The van der Waals surface area contributed by atoms with Crippen LogP contribution in [0.15, 0.2) is 46.2 Å². The van der Waals surface area contributed by atoms with Gasteiger partial charge >= 0.3 is 11.9 Å². The van der Waals surface area contributed by atoms with Gasteiger partial charge in [0.25, 0.3) is 0 Å². The molecule has 0 saturated carbocycles. The van der Waals surface area contributed by atoms with Gasteiger partial charge in [-0.1, -0.05) is 29.3 Å². The van der Waals surface area contributed by atoms with Crippen LogP contribution < -0.4 is 10.2 Å². The van der Waals surface area contributed by atoms with Crippen molar-refractivity contribution in [1.82, 2.24) is 45.5 Å². The normalized spacial score (nSPS) is 13.3. The SMILES string of the molecule is C.CCOC(=O)c1noc2c1CN(c1ncnc3[nH]ccc13)CC2.CCOC(=O)c1noc2c1CNCC2.Clc1ncnc2[nH]ccc12. The summed E-state index contributed by atoms with van der Waals surface area (Å²) in [5, 5.41) is 13.1. The lowest BCUT2D eigenvalue weighted by atomic mass is 10.1. The highest BCUT2D eigenvalue weighted by Gasteiger charge is 2.30. The van der Waals surface area contributed by atoms with Crippen LogP contribution in [0, 0.1) is 0 Å². The predicted octanol–water partition coefficient (Wildman–Crippen LogP) is 4.43. The number of anilines is 1. The highest BCUT2D eigenvalue weighted by Crippen LogP contribution is 2.29. The summed E-state index contributed by atoms with van der Waals surface area (Å²) < 4.78 is 20.3. The van der Waals surface area contributed by atoms with Crippen LogP contribution in [0.3, 0.4) is 0 Å². The van der Waals surface area contributed by atoms with Gasteiger partial charge in [-0.2, -0.15) is 0 Å². The number of carbonyl (C=O) groups excluding carboxylic acids is 2. The molecule has 6 aromatic heterocycles. The molecule has 0 unspecified atom stereocenters. The van der Waals surface area contributed by atoms with Gasteiger partial charge in [0.15, 0.2) is 11.4 Å². The van der Waals surface area contributed by atoms with Crippen LogP contribution in [-0.4, -0.2) is 78.5 Å². The van der Waals surface area contributed by atoms with Crippen molar-refractivity contribution >= 4 is 51.4 Å². The number of hydrogen-bond acceptors (Lipinski definition) is 14. The van der Waals surface area contributed by atoms with Crippen molar-refractivity contribution in [1.29, 1.82) is 0 Å². The first kappa shape index (κ1) is 34.0. The van der Waals surface area contributed by atoms with E-state index in [1.54, 1.807) is 20.0 Å². The summed E-state index contributed by atoms with van der Waals surface area (Å²) in [6.07, 6.45) is 8.02. The molecular formula is C31H35ClN10O6. The quantitative estimate of drug-likeness (QED) is 0.171. The van der Waals surface area contributed by atoms with Crippen LogP contribution in [0.2, 0.25) is 5.15 Å². The van der Waals surface area contributed by atoms with Crippen molar-refractivity contribution in [2.75, 3.05) is 31.2 Å². The Balaban J connectivity index is 0.000000153. The maximum atomic E-state index is 12.0. The smallest absolute Gasteiger partial charge is 0.360 e. The molecule has 6 aromatic rings. The number of H-pyrrole nitrogens is 2. The lowest BCUT2D eigenvalue weighted by Gasteiger charge is -2.27. The fourth-order valence-corrected chi connectivity index (χ4v) is 5.39. The molecule has 48 heavy (non-hydrogen) atoms. The molecule has 8 rings (SSSR count). The van der Waals surface area contributed by atoms with Crippen LogP contribution in [0.5, 0.6) is 0 Å². The van der Waals surface area contributed by atoms with Crippen LogP contribution in [0.4, 0.5) is 5.82 Å². The Morgan fingerprint density at radius 2 is 1.46 bits per heavy atom. The Bertz CT molecular complexity index is 2000. The first-order valence-electron chi connectivity index (χ1n) is 14.9. The third-order valence-corrected chi connectivity index (χ3v) is 7.70. The van der Waals surface area contributed by atoms with Gasteiger partial charge in [-0.25, -0.2) is 29.5 Å². The number of rotatable bonds is 5. The number of halogens is 1. The average molecular weight is 679 g/mol. The molecule has 0 atom stereocenters. The number of esters is 2. The third-order valence-electron chi connectivity index (χ3n) is 7.40. The lowest BCUT2D eigenvalue weighted by molar-refractivity contribution is 0.0503. The number of ether oxygens (including phenoxy) is 2. The molecule has 0 radical (unpaired) electrons. The largest absolute Gasteiger partial charge is 0.461 e. The molecule has 0 saturated heterocycles. The molecule has 8 heterocycles. The molecule has 16 nitrogen and oxygen atoms in total. The van der Waals surface area contributed by atoms with Gasteiger partial charge in [-0.3, -0.25) is 0 Å². The maximum Gasteiger partial charge on any atom is 0.360 e. The van der Waals surface area contributed by atoms with Gasteiger partial charge in [0.2, 0.25) is 0 Å². The summed E-state index contributed by atoms with van der Waals surface area (Å²) in [4.78, 5) is 47.9. The lowest BCUT2D eigenvalue weighted by Crippen LogP contribution is -2.31. The van der Waals surface area contributed by atoms with Crippen molar-refractivity contribution in [2.45, 2.75) is 47.2 Å². The average Bonchev–Trinajstić information content (AvgIpc) is 3.91. The summed E-state index contributed by atoms with van der Waals surface area (Å²) in [6.45, 7) is 6.93. The number of nitrogens with one attached hydrogen (secondary N) is 3. The first-order valence-corrected chi connectivity index (χ1v) is 15.3. The number of aromatic amines is 2. The summed E-state index contributed by atoms with van der Waals surface area (Å²) in [6, 6.07) is 3.79. The Hall–Kier alpha value is -5.35. The first-order chi connectivity index (χ1) is 23.0. The van der Waals surface area contributed by atoms with Gasteiger partial charge in [0, 0.05) is 56.0 Å². The van der Waals surface area contributed by atoms with E-state index in [4.69, 9.17) is 30.1 Å². The number of carbonyl (C=O) groups is 2. The zero-order valence-corrected chi connectivity index (χ0v) is 26.3. The van der Waals surface area contributed by atoms with Gasteiger partial charge in [0.1, 0.15) is 46.4 Å². The molecule has 0 fully saturated rings. The summed E-state index contributed by atoms with van der Waals surface area (Å²) in [7, 11) is 0. The topological polar surface area (TPSA) is 203 Å². The molecular weight excluding hydrogens is 644 g/mol. The van der Waals surface area contributed by atoms with Crippen molar-refractivity contribution in [3.05, 3.63) is 76.4 Å². The summed E-state index contributed by atoms with van der Waals surface area (Å²) >= 11 is 5.73. The van der Waals surface area contributed by atoms with Gasteiger partial charge in [-0.05, 0) is 26.0 Å². The number of aromatic nitrogens is 8. The molecule has 2 aliphatic rings. The van der Waals surface area contributed by atoms with E-state index in [0.29, 0.717) is 43.6 Å². The molecule has 0 aliphatic carbocycles. The Morgan fingerprint density at radius 1 is 0.854 bits per heavy atom. The zero-order valence-electron chi connectivity index (χ0n) is 25.6. The van der Waals surface area contributed by atoms with E-state index < -0.39 is 11.9 Å². The highest BCUT2D eigenvalue weighted by molar-refractivity contribution is 6.33. The van der Waals surface area contributed by atoms with Crippen LogP contribution in [0.25, 0.3) is 22.1 Å². The molecule has 0 bridgehead atoms. The second-order valence-electron chi connectivity index (χ2n) is 10.2. The monoisotopic (exact) mass is 678 g/mol. The summed E-state index contributed by atoms with van der Waals surface area (Å²) in [5.41, 5.74) is 3.75. The second-order valence-corrected chi connectivity index (χ2v) is 10.6. The molecule has 3 N–H and O–H groups in total. The van der Waals surface area contributed by atoms with Crippen molar-refractivity contribution in [3.8, 4) is 0 Å². The van der Waals surface area contributed by atoms with E-state index in [9.17, 15) is 9.59 Å². The van der Waals surface area contributed by atoms with Crippen molar-refractivity contribution in [3.63, 3.8) is 0 Å². The molecule has 0 spiro atoms. The van der Waals surface area contributed by atoms with Crippen LogP contribution in [0.1, 0.15) is 64.9 Å². The Morgan fingerprint density at radius 3 is 2.12 bits per heavy atom. The van der Waals surface area contributed by atoms with E-state index in [1.165, 1.54) is 12.7 Å². The Labute approximate surface area is 279 Å². The number of hydrogen-bond donors (Lipinski definition) is 3. The molecule has 0 aromatic carbocycles. The number of fused-ring (bicyclic) bond motifs is 4. The molecule has 2 aliphatic heterocycles. The van der Waals surface area contributed by atoms with E-state index in [2.05, 4.69) is 50.4 Å². The van der Waals surface area contributed by atoms with E-state index >= 15 is 0 Å². The van der Waals surface area contributed by atoms with Crippen LogP contribution >= 0.6 is 11.6 Å². The minimum absolute atomic E-state index is 0. The number of nitrogens with zero attached hydrogens (tertiary/aromatic N) is 7. The fourth-order valence-electron chi connectivity index (χ4n) is 5.20. The highest BCUT2D eigenvalue weighted by atomic mass is 35.5. The predicted molar refractivity (Wildman–Crippen MR) is 175 cm³/mol. The van der Waals surface area contributed by atoms with Gasteiger partial charge in [0.05, 0.1) is 30.5 Å². The van der Waals surface area contributed by atoms with Gasteiger partial charge < -0.3 is 38.7 Å². The van der Waals surface area contributed by atoms with Crippen molar-refractivity contribution < 1.29 is 28.1 Å². The van der Waals surface area contributed by atoms with Crippen LogP contribution in [-0.2, 0) is 35.4 Å². The van der Waals surface area contributed by atoms with Gasteiger partial charge in [-0.15, -0.1) is 0 Å². The minimum Gasteiger partial charge on any atom is -0.461 e. The van der Waals surface area contributed by atoms with E-state index in [-0.39, 0.29) is 13.1 Å². The zero-order chi connectivity index (χ0) is 32.8. The second kappa shape index (κ2) is 15.5. The summed E-state index contributed by atoms with van der Waals surface area (Å²) in [5.74, 6) is 1.52. The fraction of sp³-hybridized carbons (Fsp3) is 0.355. The molecule has 17 heteroatoms. The Kier molecular flexibility index (Phi) is 11.0. The molecule has 252 valence electrons. The maximum absolute atomic E-state index is 12.0. The minimum atomic E-state index is -0.450. The third kappa shape index (κ3) is 7.13. The van der Waals surface area contributed by atoms with Crippen molar-refractivity contribution in [2.24, 2.45) is 0 Å². The van der Waals surface area contributed by atoms with E-state index in [0.717, 1.165) is 70.0 Å². The molecule has 0 amide bonds.